The van der Waals surface area contributed by atoms with E-state index in [0.717, 1.165) is 6.26 Å². The van der Waals surface area contributed by atoms with Gasteiger partial charge in [0, 0.05) is 13.1 Å². The molecule has 0 aromatic heterocycles. The molecule has 1 fully saturated rings. The van der Waals surface area contributed by atoms with Crippen molar-refractivity contribution in [3.8, 4) is 5.75 Å². The zero-order valence-corrected chi connectivity index (χ0v) is 11.6. The van der Waals surface area contributed by atoms with Gasteiger partial charge in [0.1, 0.15) is 5.75 Å². The molecule has 1 heterocycles. The van der Waals surface area contributed by atoms with Crippen molar-refractivity contribution >= 4 is 21.6 Å². The maximum absolute atomic E-state index is 11.9. The van der Waals surface area contributed by atoms with Crippen LogP contribution < -0.4 is 10.1 Å². The van der Waals surface area contributed by atoms with Gasteiger partial charge in [0.25, 0.3) is 0 Å². The highest BCUT2D eigenvalue weighted by molar-refractivity contribution is 7.88. The minimum Gasteiger partial charge on any atom is -0.495 e. The number of hydrogen-bond donors (Lipinski definition) is 1. The lowest BCUT2D eigenvalue weighted by Gasteiger charge is -2.35. The number of benzene rings is 1. The van der Waals surface area contributed by atoms with Crippen LogP contribution in [0.15, 0.2) is 24.3 Å². The normalized spacial score (nSPS) is 16.7. The summed E-state index contributed by atoms with van der Waals surface area (Å²) in [5.74, 6) is 0.0826. The van der Waals surface area contributed by atoms with Crippen molar-refractivity contribution in [2.75, 3.05) is 31.8 Å². The molecule has 1 N–H and O–H groups in total. The number of carbonyl (C=O) groups excluding carboxylic acids is 1. The average Bonchev–Trinajstić information content (AvgIpc) is 2.25. The van der Waals surface area contributed by atoms with Gasteiger partial charge in [-0.2, -0.15) is 0 Å². The molecule has 0 radical (unpaired) electrons. The fourth-order valence-electron chi connectivity index (χ4n) is 1.86. The van der Waals surface area contributed by atoms with Crippen molar-refractivity contribution in [3.05, 3.63) is 24.3 Å². The van der Waals surface area contributed by atoms with Crippen LogP contribution in [0.25, 0.3) is 0 Å². The molecule has 0 bridgehead atoms. The van der Waals surface area contributed by atoms with Crippen molar-refractivity contribution < 1.29 is 17.9 Å². The summed E-state index contributed by atoms with van der Waals surface area (Å²) in [6, 6.07) is 7.09. The summed E-state index contributed by atoms with van der Waals surface area (Å²) in [6.07, 6.45) is 1.14. The summed E-state index contributed by atoms with van der Waals surface area (Å²) in [4.78, 5) is 11.9. The number of ether oxygens (including phenoxy) is 1. The Kier molecular flexibility index (Phi) is 3.77. The Bertz CT molecular complexity index is 579. The summed E-state index contributed by atoms with van der Waals surface area (Å²) in [6.45, 7) is 0.472. The highest BCUT2D eigenvalue weighted by atomic mass is 32.2. The smallest absolute Gasteiger partial charge is 0.230 e. The van der Waals surface area contributed by atoms with Gasteiger partial charge in [-0.25, -0.2) is 12.7 Å². The van der Waals surface area contributed by atoms with E-state index in [1.54, 1.807) is 18.2 Å². The standard InChI is InChI=1S/C12H16N2O4S/c1-18-11-6-4-3-5-10(11)13-12(15)9-7-14(8-9)19(2,16)17/h3-6,9H,7-8H2,1-2H3,(H,13,15). The number of amides is 1. The molecular weight excluding hydrogens is 268 g/mol. The number of anilines is 1. The summed E-state index contributed by atoms with van der Waals surface area (Å²) in [5, 5.41) is 2.75. The van der Waals surface area contributed by atoms with E-state index >= 15 is 0 Å². The number of nitrogens with zero attached hydrogens (tertiary/aromatic N) is 1. The minimum atomic E-state index is -3.19. The lowest BCUT2D eigenvalue weighted by Crippen LogP contribution is -2.53. The van der Waals surface area contributed by atoms with E-state index in [0.29, 0.717) is 11.4 Å². The molecule has 0 spiro atoms. The third kappa shape index (κ3) is 3.05. The second-order valence-electron chi connectivity index (χ2n) is 4.47. The number of hydrogen-bond acceptors (Lipinski definition) is 4. The Morgan fingerprint density at radius 2 is 2.00 bits per heavy atom. The first kappa shape index (κ1) is 13.8. The molecule has 1 aromatic carbocycles. The number of rotatable bonds is 4. The molecule has 0 atom stereocenters. The summed E-state index contributed by atoms with van der Waals surface area (Å²) in [5.41, 5.74) is 0.591. The Morgan fingerprint density at radius 3 is 2.58 bits per heavy atom. The maximum Gasteiger partial charge on any atom is 0.230 e. The van der Waals surface area contributed by atoms with Gasteiger partial charge in [-0.3, -0.25) is 4.79 Å². The lowest BCUT2D eigenvalue weighted by molar-refractivity contribution is -0.122. The van der Waals surface area contributed by atoms with Crippen LogP contribution in [0.3, 0.4) is 0 Å². The van der Waals surface area contributed by atoms with Crippen molar-refractivity contribution in [2.45, 2.75) is 0 Å². The van der Waals surface area contributed by atoms with Gasteiger partial charge < -0.3 is 10.1 Å². The molecular formula is C12H16N2O4S. The SMILES string of the molecule is COc1ccccc1NC(=O)C1CN(S(C)(=O)=O)C1. The van der Waals surface area contributed by atoms with E-state index in [1.165, 1.54) is 11.4 Å². The Labute approximate surface area is 112 Å². The van der Waals surface area contributed by atoms with Gasteiger partial charge >= 0.3 is 0 Å². The number of methoxy groups -OCH3 is 1. The average molecular weight is 284 g/mol. The van der Waals surface area contributed by atoms with Crippen LogP contribution in [0.5, 0.6) is 5.75 Å². The fourth-order valence-corrected chi connectivity index (χ4v) is 2.76. The summed E-state index contributed by atoms with van der Waals surface area (Å²) < 4.78 is 28.8. The molecule has 2 rings (SSSR count). The molecule has 0 unspecified atom stereocenters. The number of para-hydroxylation sites is 2. The monoisotopic (exact) mass is 284 g/mol. The van der Waals surface area contributed by atoms with Crippen LogP contribution in [-0.4, -0.2) is 45.1 Å². The molecule has 104 valence electrons. The number of carbonyl (C=O) groups is 1. The third-order valence-corrected chi connectivity index (χ3v) is 4.29. The van der Waals surface area contributed by atoms with E-state index in [1.807, 2.05) is 6.07 Å². The highest BCUT2D eigenvalue weighted by Crippen LogP contribution is 2.25. The molecule has 1 aliphatic heterocycles. The van der Waals surface area contributed by atoms with E-state index in [4.69, 9.17) is 4.74 Å². The van der Waals surface area contributed by atoms with E-state index < -0.39 is 10.0 Å². The number of nitrogens with one attached hydrogen (secondary N) is 1. The van der Waals surface area contributed by atoms with Crippen LogP contribution in [0.1, 0.15) is 0 Å². The molecule has 6 nitrogen and oxygen atoms in total. The van der Waals surface area contributed by atoms with E-state index in [2.05, 4.69) is 5.32 Å². The highest BCUT2D eigenvalue weighted by Gasteiger charge is 2.37. The molecule has 1 amide bonds. The fraction of sp³-hybridized carbons (Fsp3) is 0.417. The van der Waals surface area contributed by atoms with Gasteiger partial charge in [-0.05, 0) is 12.1 Å². The molecule has 7 heteroatoms. The molecule has 1 aliphatic rings. The van der Waals surface area contributed by atoms with Crippen LogP contribution in [0.2, 0.25) is 0 Å². The lowest BCUT2D eigenvalue weighted by atomic mass is 10.0. The quantitative estimate of drug-likeness (QED) is 0.875. The first-order valence-electron chi connectivity index (χ1n) is 5.81. The maximum atomic E-state index is 11.9. The minimum absolute atomic E-state index is 0.190. The van der Waals surface area contributed by atoms with Gasteiger partial charge in [0.15, 0.2) is 0 Å². The zero-order chi connectivity index (χ0) is 14.0. The topological polar surface area (TPSA) is 75.7 Å². The molecule has 1 aromatic rings. The van der Waals surface area contributed by atoms with E-state index in [-0.39, 0.29) is 24.9 Å². The Balaban J connectivity index is 1.97. The van der Waals surface area contributed by atoms with Crippen LogP contribution in [0, 0.1) is 5.92 Å². The van der Waals surface area contributed by atoms with Gasteiger partial charge in [0.05, 0.1) is 25.0 Å². The second-order valence-corrected chi connectivity index (χ2v) is 6.45. The Morgan fingerprint density at radius 1 is 1.37 bits per heavy atom. The largest absolute Gasteiger partial charge is 0.495 e. The second kappa shape index (κ2) is 5.18. The van der Waals surface area contributed by atoms with Crippen LogP contribution in [-0.2, 0) is 14.8 Å². The molecule has 1 saturated heterocycles. The first-order chi connectivity index (χ1) is 8.91. The van der Waals surface area contributed by atoms with E-state index in [9.17, 15) is 13.2 Å². The zero-order valence-electron chi connectivity index (χ0n) is 10.8. The van der Waals surface area contributed by atoms with Gasteiger partial charge in [-0.15, -0.1) is 0 Å². The predicted molar refractivity (Wildman–Crippen MR) is 71.5 cm³/mol. The molecule has 0 aliphatic carbocycles. The predicted octanol–water partition coefficient (Wildman–Crippen LogP) is 0.525. The molecule has 0 saturated carbocycles. The van der Waals surface area contributed by atoms with Crippen molar-refractivity contribution in [1.82, 2.24) is 4.31 Å². The summed E-state index contributed by atoms with van der Waals surface area (Å²) >= 11 is 0. The first-order valence-corrected chi connectivity index (χ1v) is 7.65. The summed E-state index contributed by atoms with van der Waals surface area (Å²) in [7, 11) is -1.66. The van der Waals surface area contributed by atoms with Crippen LogP contribution >= 0.6 is 0 Å². The van der Waals surface area contributed by atoms with Crippen LogP contribution in [0.4, 0.5) is 5.69 Å². The van der Waals surface area contributed by atoms with Crippen molar-refractivity contribution in [3.63, 3.8) is 0 Å². The van der Waals surface area contributed by atoms with Gasteiger partial charge in [-0.1, -0.05) is 12.1 Å². The van der Waals surface area contributed by atoms with Crippen molar-refractivity contribution in [1.29, 1.82) is 0 Å². The third-order valence-electron chi connectivity index (χ3n) is 3.05. The Hall–Kier alpha value is -1.60. The number of sulfonamides is 1. The van der Waals surface area contributed by atoms with Gasteiger partial charge in [0.2, 0.25) is 15.9 Å². The molecule has 19 heavy (non-hydrogen) atoms. The van der Waals surface area contributed by atoms with Crippen molar-refractivity contribution in [2.24, 2.45) is 5.92 Å².